The van der Waals surface area contributed by atoms with Gasteiger partial charge in [0.2, 0.25) is 5.91 Å². The molecule has 178 valence electrons. The molecule has 0 N–H and O–H groups in total. The Morgan fingerprint density at radius 3 is 2.34 bits per heavy atom. The molecule has 1 aliphatic carbocycles. The average Bonchev–Trinajstić information content (AvgIpc) is 2.99. The fraction of sp³-hybridized carbons (Fsp3) is 0.333. The number of hydrogen-bond donors (Lipinski definition) is 0. The van der Waals surface area contributed by atoms with Gasteiger partial charge in [0.1, 0.15) is 5.78 Å². The second-order valence-corrected chi connectivity index (χ2v) is 10.6. The molecule has 1 fully saturated rings. The van der Waals surface area contributed by atoms with E-state index in [1.165, 1.54) is 5.56 Å². The van der Waals surface area contributed by atoms with E-state index in [1.807, 2.05) is 36.4 Å². The highest BCUT2D eigenvalue weighted by molar-refractivity contribution is 6.13. The van der Waals surface area contributed by atoms with E-state index < -0.39 is 12.0 Å². The van der Waals surface area contributed by atoms with E-state index in [2.05, 4.69) is 50.0 Å². The van der Waals surface area contributed by atoms with Crippen LogP contribution in [0.1, 0.15) is 69.2 Å². The van der Waals surface area contributed by atoms with E-state index >= 15 is 0 Å². The van der Waals surface area contributed by atoms with Crippen LogP contribution >= 0.6 is 0 Å². The van der Waals surface area contributed by atoms with Gasteiger partial charge in [0, 0.05) is 31.4 Å². The molecule has 5 heteroatoms. The summed E-state index contributed by atoms with van der Waals surface area (Å²) in [6, 6.07) is 19.7. The second kappa shape index (κ2) is 8.88. The summed E-state index contributed by atoms with van der Waals surface area (Å²) in [6.07, 6.45) is 4.58. The van der Waals surface area contributed by atoms with Crippen molar-refractivity contribution >= 4 is 28.8 Å². The van der Waals surface area contributed by atoms with Crippen LogP contribution in [0.4, 0.5) is 11.4 Å². The number of aliphatic imine (C=N–C) groups is 1. The monoisotopic (exact) mass is 465 g/mol. The third-order valence-corrected chi connectivity index (χ3v) is 7.22. The Morgan fingerprint density at radius 2 is 1.69 bits per heavy atom. The quantitative estimate of drug-likeness (QED) is 0.445. The Labute approximate surface area is 206 Å². The number of pyridine rings is 1. The van der Waals surface area contributed by atoms with Gasteiger partial charge in [-0.3, -0.25) is 19.6 Å². The zero-order valence-electron chi connectivity index (χ0n) is 20.7. The fourth-order valence-electron chi connectivity index (χ4n) is 5.45. The molecule has 0 saturated heterocycles. The van der Waals surface area contributed by atoms with Crippen molar-refractivity contribution in [3.05, 3.63) is 89.7 Å². The van der Waals surface area contributed by atoms with Gasteiger partial charge in [-0.1, -0.05) is 63.2 Å². The molecule has 1 aliphatic heterocycles. The van der Waals surface area contributed by atoms with Crippen LogP contribution in [-0.2, 0) is 15.0 Å². The number of benzene rings is 2. The highest BCUT2D eigenvalue weighted by Gasteiger charge is 2.45. The largest absolute Gasteiger partial charge is 0.302 e. The number of carbonyl (C=O) groups excluding carboxylic acids is 2. The molecule has 5 rings (SSSR count). The molecule has 2 aromatic carbocycles. The maximum atomic E-state index is 13.9. The van der Waals surface area contributed by atoms with Crippen LogP contribution in [0.3, 0.4) is 0 Å². The number of amides is 1. The predicted molar refractivity (Wildman–Crippen MR) is 139 cm³/mol. The number of carbonyl (C=O) groups is 2. The lowest BCUT2D eigenvalue weighted by Gasteiger charge is -2.38. The summed E-state index contributed by atoms with van der Waals surface area (Å²) in [7, 11) is 0. The van der Waals surface area contributed by atoms with Gasteiger partial charge in [-0.05, 0) is 52.6 Å². The SMILES string of the molecule is CC(=O)N1c2ccccc2N=C2C[C@H](c3ccc(C(C)(C)C)cc3)CC(=O)C2[C@@H]1c1cccnc1. The van der Waals surface area contributed by atoms with Crippen molar-refractivity contribution in [2.45, 2.75) is 57.9 Å². The minimum atomic E-state index is -0.499. The molecule has 5 nitrogen and oxygen atoms in total. The minimum Gasteiger partial charge on any atom is -0.302 e. The maximum Gasteiger partial charge on any atom is 0.224 e. The molecule has 1 saturated carbocycles. The van der Waals surface area contributed by atoms with Crippen LogP contribution in [0.15, 0.2) is 78.0 Å². The summed E-state index contributed by atoms with van der Waals surface area (Å²) in [4.78, 5) is 38.0. The van der Waals surface area contributed by atoms with Crippen LogP contribution in [0, 0.1) is 5.92 Å². The second-order valence-electron chi connectivity index (χ2n) is 10.6. The van der Waals surface area contributed by atoms with Crippen molar-refractivity contribution in [3.8, 4) is 0 Å². The molecule has 1 unspecified atom stereocenters. The summed E-state index contributed by atoms with van der Waals surface area (Å²) in [5, 5.41) is 0. The lowest BCUT2D eigenvalue weighted by molar-refractivity contribution is -0.123. The first-order valence-electron chi connectivity index (χ1n) is 12.2. The topological polar surface area (TPSA) is 62.6 Å². The molecule has 3 atom stereocenters. The van der Waals surface area contributed by atoms with Crippen molar-refractivity contribution < 1.29 is 9.59 Å². The van der Waals surface area contributed by atoms with Gasteiger partial charge in [-0.15, -0.1) is 0 Å². The number of fused-ring (bicyclic) bond motifs is 2. The minimum absolute atomic E-state index is 0.0668. The Morgan fingerprint density at radius 1 is 0.943 bits per heavy atom. The number of anilines is 1. The third kappa shape index (κ3) is 4.31. The van der Waals surface area contributed by atoms with E-state index in [4.69, 9.17) is 4.99 Å². The Balaban J connectivity index is 1.60. The molecule has 2 heterocycles. The molecular formula is C30H31N3O2. The first-order valence-corrected chi connectivity index (χ1v) is 12.2. The van der Waals surface area contributed by atoms with E-state index in [0.717, 1.165) is 28.2 Å². The van der Waals surface area contributed by atoms with E-state index in [-0.39, 0.29) is 23.0 Å². The van der Waals surface area contributed by atoms with Crippen molar-refractivity contribution in [3.63, 3.8) is 0 Å². The average molecular weight is 466 g/mol. The van der Waals surface area contributed by atoms with E-state index in [1.54, 1.807) is 24.2 Å². The molecule has 1 amide bonds. The lowest BCUT2D eigenvalue weighted by Crippen LogP contribution is -2.45. The van der Waals surface area contributed by atoms with Crippen molar-refractivity contribution in [2.24, 2.45) is 10.9 Å². The van der Waals surface area contributed by atoms with Crippen molar-refractivity contribution in [1.82, 2.24) is 4.98 Å². The Hall–Kier alpha value is -3.60. The molecule has 1 aromatic heterocycles. The summed E-state index contributed by atoms with van der Waals surface area (Å²) >= 11 is 0. The van der Waals surface area contributed by atoms with Crippen molar-refractivity contribution in [1.29, 1.82) is 0 Å². The Kier molecular flexibility index (Phi) is 5.87. The number of para-hydroxylation sites is 2. The smallest absolute Gasteiger partial charge is 0.224 e. The summed E-state index contributed by atoms with van der Waals surface area (Å²) in [6.45, 7) is 8.16. The maximum absolute atomic E-state index is 13.9. The van der Waals surface area contributed by atoms with Crippen LogP contribution < -0.4 is 4.90 Å². The number of nitrogens with zero attached hydrogens (tertiary/aromatic N) is 3. The van der Waals surface area contributed by atoms with Gasteiger partial charge in [0.25, 0.3) is 0 Å². The highest BCUT2D eigenvalue weighted by Crippen LogP contribution is 2.47. The lowest BCUT2D eigenvalue weighted by atomic mass is 9.72. The number of Topliss-reactive ketones (excluding diaryl/α,β-unsaturated/α-hetero) is 1. The van der Waals surface area contributed by atoms with Crippen LogP contribution in [-0.4, -0.2) is 22.4 Å². The van der Waals surface area contributed by atoms with E-state index in [9.17, 15) is 9.59 Å². The zero-order chi connectivity index (χ0) is 24.7. The number of rotatable bonds is 2. The van der Waals surface area contributed by atoms with Gasteiger partial charge in [0.15, 0.2) is 0 Å². The normalized spacial score (nSPS) is 22.1. The molecule has 35 heavy (non-hydrogen) atoms. The van der Waals surface area contributed by atoms with Gasteiger partial charge in [0.05, 0.1) is 23.3 Å². The molecule has 0 radical (unpaired) electrons. The predicted octanol–water partition coefficient (Wildman–Crippen LogP) is 6.32. The van der Waals surface area contributed by atoms with Gasteiger partial charge < -0.3 is 4.90 Å². The first kappa shape index (κ1) is 23.2. The number of hydrogen-bond acceptors (Lipinski definition) is 4. The van der Waals surface area contributed by atoms with Gasteiger partial charge >= 0.3 is 0 Å². The van der Waals surface area contributed by atoms with Crippen LogP contribution in [0.25, 0.3) is 0 Å². The van der Waals surface area contributed by atoms with Gasteiger partial charge in [-0.25, -0.2) is 0 Å². The van der Waals surface area contributed by atoms with Crippen LogP contribution in [0.2, 0.25) is 0 Å². The Bertz CT molecular complexity index is 1290. The van der Waals surface area contributed by atoms with Gasteiger partial charge in [-0.2, -0.15) is 0 Å². The summed E-state index contributed by atoms with van der Waals surface area (Å²) in [5.41, 5.74) is 5.66. The first-order chi connectivity index (χ1) is 16.7. The molecule has 0 spiro atoms. The molecule has 2 aliphatic rings. The molecule has 0 bridgehead atoms. The van der Waals surface area contributed by atoms with E-state index in [0.29, 0.717) is 12.8 Å². The summed E-state index contributed by atoms with van der Waals surface area (Å²) < 4.78 is 0. The zero-order valence-corrected chi connectivity index (χ0v) is 20.7. The number of aromatic nitrogens is 1. The fourth-order valence-corrected chi connectivity index (χ4v) is 5.45. The third-order valence-electron chi connectivity index (χ3n) is 7.22. The summed E-state index contributed by atoms with van der Waals surface area (Å²) in [5.74, 6) is -0.430. The molecular weight excluding hydrogens is 434 g/mol. The number of ketones is 1. The highest BCUT2D eigenvalue weighted by atomic mass is 16.2. The molecule has 3 aromatic rings. The van der Waals surface area contributed by atoms with Crippen molar-refractivity contribution in [2.75, 3.05) is 4.90 Å². The van der Waals surface area contributed by atoms with Crippen LogP contribution in [0.5, 0.6) is 0 Å². The standard InChI is InChI=1S/C30H31N3O2/c1-19(34)33-26-10-6-5-9-24(26)32-25-16-22(20-11-13-23(14-12-20)30(2,3)4)17-27(35)28(25)29(33)21-8-7-15-31-18-21/h5-15,18,22,28-29H,16-17H2,1-4H3/t22-,28?,29-/m0/s1.